The van der Waals surface area contributed by atoms with Crippen molar-refractivity contribution in [1.29, 1.82) is 0 Å². The molecule has 5 nitrogen and oxygen atoms in total. The van der Waals surface area contributed by atoms with Crippen LogP contribution in [0, 0.1) is 11.8 Å². The van der Waals surface area contributed by atoms with E-state index in [0.717, 1.165) is 30.8 Å². The lowest BCUT2D eigenvalue weighted by molar-refractivity contribution is -0.142. The van der Waals surface area contributed by atoms with Gasteiger partial charge >= 0.3 is 5.97 Å². The highest BCUT2D eigenvalue weighted by Crippen LogP contribution is 2.39. The van der Waals surface area contributed by atoms with Crippen LogP contribution in [0.4, 0.5) is 0 Å². The van der Waals surface area contributed by atoms with Crippen LogP contribution >= 0.6 is 11.8 Å². The van der Waals surface area contributed by atoms with Crippen LogP contribution in [0.2, 0.25) is 0 Å². The smallest absolute Gasteiger partial charge is 0.307 e. The van der Waals surface area contributed by atoms with Gasteiger partial charge in [0, 0.05) is 5.25 Å². The average Bonchev–Trinajstić information content (AvgIpc) is 2.81. The monoisotopic (exact) mass is 255 g/mol. The maximum Gasteiger partial charge on any atom is 0.307 e. The lowest BCUT2D eigenvalue weighted by atomic mass is 9.80. The summed E-state index contributed by atoms with van der Waals surface area (Å²) in [5, 5.41) is 16.6. The Kier molecular flexibility index (Phi) is 4.04. The van der Waals surface area contributed by atoms with E-state index in [9.17, 15) is 9.90 Å². The Balaban J connectivity index is 2.05. The SMILES string of the molecule is CCC1CCC(C(=O)O)C(Sc2ncn[nH]2)C1. The predicted octanol–water partition coefficient (Wildman–Crippen LogP) is 2.18. The molecule has 94 valence electrons. The molecule has 1 aliphatic carbocycles. The summed E-state index contributed by atoms with van der Waals surface area (Å²) >= 11 is 1.52. The molecule has 2 rings (SSSR count). The zero-order valence-electron chi connectivity index (χ0n) is 9.80. The van der Waals surface area contributed by atoms with Crippen molar-refractivity contribution in [1.82, 2.24) is 15.2 Å². The quantitative estimate of drug-likeness (QED) is 0.862. The molecule has 0 bridgehead atoms. The topological polar surface area (TPSA) is 78.9 Å². The van der Waals surface area contributed by atoms with E-state index in [1.807, 2.05) is 0 Å². The van der Waals surface area contributed by atoms with E-state index in [4.69, 9.17) is 0 Å². The fourth-order valence-electron chi connectivity index (χ4n) is 2.39. The molecule has 3 unspecified atom stereocenters. The van der Waals surface area contributed by atoms with Crippen molar-refractivity contribution < 1.29 is 9.90 Å². The molecule has 0 aliphatic heterocycles. The van der Waals surface area contributed by atoms with Crippen molar-refractivity contribution in [3.05, 3.63) is 6.33 Å². The molecule has 2 N–H and O–H groups in total. The van der Waals surface area contributed by atoms with E-state index in [0.29, 0.717) is 5.92 Å². The Morgan fingerprint density at radius 3 is 3.06 bits per heavy atom. The van der Waals surface area contributed by atoms with Crippen molar-refractivity contribution in [3.63, 3.8) is 0 Å². The van der Waals surface area contributed by atoms with Gasteiger partial charge in [0.25, 0.3) is 0 Å². The molecule has 0 amide bonds. The number of hydrogen-bond acceptors (Lipinski definition) is 4. The van der Waals surface area contributed by atoms with Gasteiger partial charge in [-0.1, -0.05) is 25.1 Å². The largest absolute Gasteiger partial charge is 0.481 e. The van der Waals surface area contributed by atoms with E-state index in [-0.39, 0.29) is 11.2 Å². The van der Waals surface area contributed by atoms with Gasteiger partial charge in [-0.25, -0.2) is 4.98 Å². The fourth-order valence-corrected chi connectivity index (χ4v) is 3.68. The third-order valence-corrected chi connectivity index (χ3v) is 4.69. The molecule has 0 saturated heterocycles. The molecule has 1 aliphatic rings. The number of hydrogen-bond donors (Lipinski definition) is 2. The summed E-state index contributed by atoms with van der Waals surface area (Å²) in [5.41, 5.74) is 0. The second kappa shape index (κ2) is 5.53. The maximum absolute atomic E-state index is 11.2. The molecule has 0 aromatic carbocycles. The minimum absolute atomic E-state index is 0.110. The molecule has 1 aromatic heterocycles. The van der Waals surface area contributed by atoms with Crippen LogP contribution in [-0.4, -0.2) is 31.5 Å². The third-order valence-electron chi connectivity index (χ3n) is 3.45. The van der Waals surface area contributed by atoms with Crippen molar-refractivity contribution in [2.24, 2.45) is 11.8 Å². The number of carboxylic acid groups (broad SMARTS) is 1. The minimum Gasteiger partial charge on any atom is -0.481 e. The van der Waals surface area contributed by atoms with Crippen LogP contribution in [-0.2, 0) is 4.79 Å². The molecule has 17 heavy (non-hydrogen) atoms. The summed E-state index contributed by atoms with van der Waals surface area (Å²) in [6.45, 7) is 2.17. The van der Waals surface area contributed by atoms with Gasteiger partial charge in [0.05, 0.1) is 5.92 Å². The molecular formula is C11H17N3O2S. The molecule has 1 heterocycles. The first-order chi connectivity index (χ1) is 8.20. The molecule has 0 spiro atoms. The number of H-pyrrole nitrogens is 1. The number of aliphatic carboxylic acids is 1. The second-order valence-electron chi connectivity index (χ2n) is 4.48. The van der Waals surface area contributed by atoms with Crippen molar-refractivity contribution >= 4 is 17.7 Å². The average molecular weight is 255 g/mol. The zero-order chi connectivity index (χ0) is 12.3. The first-order valence-electron chi connectivity index (χ1n) is 5.95. The summed E-state index contributed by atoms with van der Waals surface area (Å²) in [6.07, 6.45) is 5.34. The number of nitrogens with zero attached hydrogens (tertiary/aromatic N) is 2. The normalized spacial score (nSPS) is 29.1. The molecule has 1 aromatic rings. The van der Waals surface area contributed by atoms with Crippen LogP contribution in [0.15, 0.2) is 11.5 Å². The van der Waals surface area contributed by atoms with Crippen LogP contribution in [0.25, 0.3) is 0 Å². The van der Waals surface area contributed by atoms with E-state index in [1.54, 1.807) is 0 Å². The highest BCUT2D eigenvalue weighted by Gasteiger charge is 2.35. The Morgan fingerprint density at radius 1 is 1.65 bits per heavy atom. The molecule has 1 fully saturated rings. The Bertz CT molecular complexity index is 369. The van der Waals surface area contributed by atoms with Crippen molar-refractivity contribution in [3.8, 4) is 0 Å². The van der Waals surface area contributed by atoms with Gasteiger partial charge in [0.2, 0.25) is 0 Å². The first-order valence-corrected chi connectivity index (χ1v) is 6.83. The van der Waals surface area contributed by atoms with Gasteiger partial charge in [0.1, 0.15) is 6.33 Å². The third kappa shape index (κ3) is 3.00. The highest BCUT2D eigenvalue weighted by molar-refractivity contribution is 7.99. The van der Waals surface area contributed by atoms with Crippen LogP contribution in [0.3, 0.4) is 0 Å². The summed E-state index contributed by atoms with van der Waals surface area (Å²) < 4.78 is 0. The van der Waals surface area contributed by atoms with Crippen LogP contribution < -0.4 is 0 Å². The van der Waals surface area contributed by atoms with Crippen molar-refractivity contribution in [2.75, 3.05) is 0 Å². The van der Waals surface area contributed by atoms with Gasteiger partial charge in [-0.2, -0.15) is 5.10 Å². The van der Waals surface area contributed by atoms with E-state index in [2.05, 4.69) is 22.1 Å². The molecular weight excluding hydrogens is 238 g/mol. The summed E-state index contributed by atoms with van der Waals surface area (Å²) in [4.78, 5) is 15.3. The number of aromatic amines is 1. The maximum atomic E-state index is 11.2. The molecule has 0 radical (unpaired) electrons. The standard InChI is InChI=1S/C11H17N3O2S/c1-2-7-3-4-8(10(15)16)9(5-7)17-11-12-6-13-14-11/h6-9H,2-5H2,1H3,(H,15,16)(H,12,13,14). The number of rotatable bonds is 4. The fraction of sp³-hybridized carbons (Fsp3) is 0.727. The Labute approximate surface area is 104 Å². The van der Waals surface area contributed by atoms with E-state index < -0.39 is 5.97 Å². The Hall–Kier alpha value is -1.04. The zero-order valence-corrected chi connectivity index (χ0v) is 10.6. The molecule has 3 atom stereocenters. The van der Waals surface area contributed by atoms with Crippen LogP contribution in [0.5, 0.6) is 0 Å². The predicted molar refractivity (Wildman–Crippen MR) is 64.8 cm³/mol. The van der Waals surface area contributed by atoms with Crippen LogP contribution in [0.1, 0.15) is 32.6 Å². The lowest BCUT2D eigenvalue weighted by Crippen LogP contribution is -2.32. The first kappa shape index (κ1) is 12.4. The lowest BCUT2D eigenvalue weighted by Gasteiger charge is -2.32. The number of nitrogens with one attached hydrogen (secondary N) is 1. The van der Waals surface area contributed by atoms with Gasteiger partial charge in [-0.3, -0.25) is 9.89 Å². The van der Waals surface area contributed by atoms with Gasteiger partial charge < -0.3 is 5.11 Å². The van der Waals surface area contributed by atoms with Gasteiger partial charge in [0.15, 0.2) is 5.16 Å². The minimum atomic E-state index is -0.684. The Morgan fingerprint density at radius 2 is 2.47 bits per heavy atom. The summed E-state index contributed by atoms with van der Waals surface area (Å²) in [6, 6.07) is 0. The van der Waals surface area contributed by atoms with Crippen molar-refractivity contribution in [2.45, 2.75) is 43.0 Å². The number of carboxylic acids is 1. The van der Waals surface area contributed by atoms with Gasteiger partial charge in [-0.05, 0) is 25.2 Å². The number of thioether (sulfide) groups is 1. The molecule has 6 heteroatoms. The van der Waals surface area contributed by atoms with Gasteiger partial charge in [-0.15, -0.1) is 0 Å². The number of aromatic nitrogens is 3. The molecule has 1 saturated carbocycles. The van der Waals surface area contributed by atoms with E-state index >= 15 is 0 Å². The number of carbonyl (C=O) groups is 1. The summed E-state index contributed by atoms with van der Waals surface area (Å²) in [7, 11) is 0. The van der Waals surface area contributed by atoms with E-state index in [1.165, 1.54) is 18.1 Å². The second-order valence-corrected chi connectivity index (χ2v) is 5.71. The summed E-state index contributed by atoms with van der Waals surface area (Å²) in [5.74, 6) is -0.296. The highest BCUT2D eigenvalue weighted by atomic mass is 32.2.